The van der Waals surface area contributed by atoms with Gasteiger partial charge in [-0.15, -0.1) is 21.5 Å². The Morgan fingerprint density at radius 3 is 2.79 bits per heavy atom. The van der Waals surface area contributed by atoms with Crippen LogP contribution in [-0.4, -0.2) is 57.5 Å². The molecule has 1 aromatic carbocycles. The normalized spacial score (nSPS) is 15.1. The second kappa shape index (κ2) is 6.92. The molecular formula is C16H16N4O2S2. The number of aromatic nitrogens is 3. The summed E-state index contributed by atoms with van der Waals surface area (Å²) in [5.74, 6) is 0.488. The van der Waals surface area contributed by atoms with E-state index in [9.17, 15) is 4.79 Å². The predicted molar refractivity (Wildman–Crippen MR) is 94.4 cm³/mol. The van der Waals surface area contributed by atoms with Crippen LogP contribution in [-0.2, 0) is 9.53 Å². The van der Waals surface area contributed by atoms with Gasteiger partial charge in [0.25, 0.3) is 0 Å². The first-order chi connectivity index (χ1) is 11.8. The molecule has 0 atom stereocenters. The molecule has 6 nitrogen and oxygen atoms in total. The zero-order chi connectivity index (χ0) is 16.4. The fourth-order valence-electron chi connectivity index (χ4n) is 2.63. The van der Waals surface area contributed by atoms with Crippen LogP contribution < -0.4 is 0 Å². The lowest BCUT2D eigenvalue weighted by Crippen LogP contribution is -2.41. The van der Waals surface area contributed by atoms with Crippen molar-refractivity contribution in [3.05, 3.63) is 35.7 Å². The number of thiazole rings is 1. The van der Waals surface area contributed by atoms with Crippen molar-refractivity contribution < 1.29 is 9.53 Å². The van der Waals surface area contributed by atoms with Crippen molar-refractivity contribution in [2.24, 2.45) is 0 Å². The molecule has 1 aliphatic rings. The maximum atomic E-state index is 12.3. The van der Waals surface area contributed by atoms with E-state index in [1.54, 1.807) is 11.3 Å². The average molecular weight is 360 g/mol. The van der Waals surface area contributed by atoms with Crippen LogP contribution in [0.2, 0.25) is 0 Å². The van der Waals surface area contributed by atoms with E-state index >= 15 is 0 Å². The van der Waals surface area contributed by atoms with Crippen molar-refractivity contribution in [2.45, 2.75) is 5.16 Å². The van der Waals surface area contributed by atoms with E-state index in [2.05, 4.69) is 27.7 Å². The van der Waals surface area contributed by atoms with Gasteiger partial charge in [0.15, 0.2) is 5.16 Å². The number of benzene rings is 1. The number of rotatable bonds is 4. The number of nitrogens with zero attached hydrogens (tertiary/aromatic N) is 4. The van der Waals surface area contributed by atoms with Crippen molar-refractivity contribution in [1.82, 2.24) is 19.5 Å². The minimum atomic E-state index is 0.122. The second-order valence-corrected chi connectivity index (χ2v) is 7.15. The summed E-state index contributed by atoms with van der Waals surface area (Å²) in [4.78, 5) is 15.0. The third-order valence-electron chi connectivity index (χ3n) is 3.88. The van der Waals surface area contributed by atoms with Crippen molar-refractivity contribution in [3.63, 3.8) is 0 Å². The first kappa shape index (κ1) is 15.6. The Morgan fingerprint density at radius 1 is 1.21 bits per heavy atom. The predicted octanol–water partition coefficient (Wildman–Crippen LogP) is 2.41. The molecule has 0 radical (unpaired) electrons. The smallest absolute Gasteiger partial charge is 0.233 e. The molecule has 0 aliphatic carbocycles. The molecule has 0 bridgehead atoms. The van der Waals surface area contributed by atoms with Gasteiger partial charge in [0, 0.05) is 18.5 Å². The molecule has 0 N–H and O–H groups in total. The number of morpholine rings is 1. The van der Waals surface area contributed by atoms with Gasteiger partial charge in [-0.05, 0) is 5.56 Å². The molecule has 8 heteroatoms. The monoisotopic (exact) mass is 360 g/mol. The molecule has 124 valence electrons. The lowest BCUT2D eigenvalue weighted by atomic mass is 10.2. The van der Waals surface area contributed by atoms with Gasteiger partial charge in [0.05, 0.1) is 24.7 Å². The lowest BCUT2D eigenvalue weighted by molar-refractivity contribution is -0.132. The van der Waals surface area contributed by atoms with Crippen molar-refractivity contribution in [1.29, 1.82) is 0 Å². The zero-order valence-corrected chi connectivity index (χ0v) is 14.6. The topological polar surface area (TPSA) is 59.7 Å². The highest BCUT2D eigenvalue weighted by Gasteiger charge is 2.19. The molecule has 1 aliphatic heterocycles. The van der Waals surface area contributed by atoms with Gasteiger partial charge >= 0.3 is 0 Å². The van der Waals surface area contributed by atoms with E-state index < -0.39 is 0 Å². The number of fused-ring (bicyclic) bond motifs is 1. The SMILES string of the molecule is O=C(CSc1nnc2scc(-c3ccccc3)n12)N1CCOCC1. The van der Waals surface area contributed by atoms with Gasteiger partial charge < -0.3 is 9.64 Å². The molecule has 4 rings (SSSR count). The Labute approximate surface area is 147 Å². The minimum absolute atomic E-state index is 0.122. The molecule has 3 heterocycles. The number of amides is 1. The molecular weight excluding hydrogens is 344 g/mol. The van der Waals surface area contributed by atoms with Crippen LogP contribution in [0.3, 0.4) is 0 Å². The molecule has 0 saturated carbocycles. The van der Waals surface area contributed by atoms with Gasteiger partial charge in [0.1, 0.15) is 0 Å². The Hall–Kier alpha value is -1.90. The van der Waals surface area contributed by atoms with Crippen molar-refractivity contribution in [3.8, 4) is 11.3 Å². The summed E-state index contributed by atoms with van der Waals surface area (Å²) in [5, 5.41) is 11.3. The summed E-state index contributed by atoms with van der Waals surface area (Å²) in [6, 6.07) is 10.1. The fraction of sp³-hybridized carbons (Fsp3) is 0.312. The minimum Gasteiger partial charge on any atom is -0.378 e. The highest BCUT2D eigenvalue weighted by molar-refractivity contribution is 7.99. The molecule has 3 aromatic rings. The van der Waals surface area contributed by atoms with E-state index in [4.69, 9.17) is 4.74 Å². The first-order valence-electron chi connectivity index (χ1n) is 7.69. The van der Waals surface area contributed by atoms with Crippen LogP contribution in [0, 0.1) is 0 Å². The van der Waals surface area contributed by atoms with E-state index in [-0.39, 0.29) is 5.91 Å². The van der Waals surface area contributed by atoms with Crippen molar-refractivity contribution in [2.75, 3.05) is 32.1 Å². The third kappa shape index (κ3) is 3.04. The number of thioether (sulfide) groups is 1. The maximum absolute atomic E-state index is 12.3. The number of carbonyl (C=O) groups is 1. The van der Waals surface area contributed by atoms with Crippen LogP contribution in [0.1, 0.15) is 0 Å². The molecule has 0 spiro atoms. The van der Waals surface area contributed by atoms with E-state index in [1.807, 2.05) is 27.5 Å². The Bertz CT molecular complexity index is 840. The van der Waals surface area contributed by atoms with Gasteiger partial charge in [-0.25, -0.2) is 0 Å². The number of carbonyl (C=O) groups excluding carboxylic acids is 1. The first-order valence-corrected chi connectivity index (χ1v) is 9.56. The number of hydrogen-bond donors (Lipinski definition) is 0. The van der Waals surface area contributed by atoms with Gasteiger partial charge in [0.2, 0.25) is 10.9 Å². The average Bonchev–Trinajstić information content (AvgIpc) is 3.23. The molecule has 0 unspecified atom stereocenters. The molecule has 2 aromatic heterocycles. The van der Waals surface area contributed by atoms with Crippen LogP contribution >= 0.6 is 23.1 Å². The Morgan fingerprint density at radius 2 is 2.00 bits per heavy atom. The highest BCUT2D eigenvalue weighted by Crippen LogP contribution is 2.29. The highest BCUT2D eigenvalue weighted by atomic mass is 32.2. The van der Waals surface area contributed by atoms with Crippen LogP contribution in [0.15, 0.2) is 40.9 Å². The fourth-order valence-corrected chi connectivity index (χ4v) is 4.37. The van der Waals surface area contributed by atoms with Crippen molar-refractivity contribution >= 4 is 34.0 Å². The van der Waals surface area contributed by atoms with E-state index in [1.165, 1.54) is 11.8 Å². The Kier molecular flexibility index (Phi) is 4.50. The lowest BCUT2D eigenvalue weighted by Gasteiger charge is -2.26. The second-order valence-electron chi connectivity index (χ2n) is 5.37. The largest absolute Gasteiger partial charge is 0.378 e. The molecule has 1 saturated heterocycles. The quantitative estimate of drug-likeness (QED) is 0.669. The summed E-state index contributed by atoms with van der Waals surface area (Å²) in [7, 11) is 0. The molecule has 1 amide bonds. The van der Waals surface area contributed by atoms with Gasteiger partial charge in [-0.3, -0.25) is 9.20 Å². The zero-order valence-electron chi connectivity index (χ0n) is 12.9. The standard InChI is InChI=1S/C16H16N4O2S2/c21-14(19-6-8-22-9-7-19)11-24-16-18-17-15-20(16)13(10-23-15)12-4-2-1-3-5-12/h1-5,10H,6-9,11H2. The van der Waals surface area contributed by atoms with Crippen LogP contribution in [0.5, 0.6) is 0 Å². The third-order valence-corrected chi connectivity index (χ3v) is 5.61. The van der Waals surface area contributed by atoms with Gasteiger partial charge in [-0.2, -0.15) is 0 Å². The maximum Gasteiger partial charge on any atom is 0.233 e. The van der Waals surface area contributed by atoms with E-state index in [0.717, 1.165) is 21.4 Å². The van der Waals surface area contributed by atoms with E-state index in [0.29, 0.717) is 32.1 Å². The summed E-state index contributed by atoms with van der Waals surface area (Å²) >= 11 is 2.99. The summed E-state index contributed by atoms with van der Waals surface area (Å²) in [6.45, 7) is 2.58. The molecule has 24 heavy (non-hydrogen) atoms. The van der Waals surface area contributed by atoms with Crippen LogP contribution in [0.25, 0.3) is 16.2 Å². The number of ether oxygens (including phenoxy) is 1. The summed E-state index contributed by atoms with van der Waals surface area (Å²) in [5.41, 5.74) is 2.17. The van der Waals surface area contributed by atoms with Crippen LogP contribution in [0.4, 0.5) is 0 Å². The summed E-state index contributed by atoms with van der Waals surface area (Å²) in [6.07, 6.45) is 0. The number of hydrogen-bond acceptors (Lipinski definition) is 6. The summed E-state index contributed by atoms with van der Waals surface area (Å²) < 4.78 is 7.31. The van der Waals surface area contributed by atoms with Gasteiger partial charge in [-0.1, -0.05) is 42.1 Å². The Balaban J connectivity index is 1.54. The molecule has 1 fully saturated rings.